The number of hydrogen-bond donors (Lipinski definition) is 0. The molecule has 142 valence electrons. The van der Waals surface area contributed by atoms with Crippen LogP contribution in [0.1, 0.15) is 5.56 Å². The topological polar surface area (TPSA) is 82.8 Å². The maximum Gasteiger partial charge on any atom is 0.328 e. The molecule has 0 unspecified atom stereocenters. The van der Waals surface area contributed by atoms with Crippen molar-refractivity contribution in [2.24, 2.45) is 14.1 Å². The van der Waals surface area contributed by atoms with Crippen LogP contribution in [-0.4, -0.2) is 35.7 Å². The molecule has 1 aliphatic heterocycles. The Bertz CT molecular complexity index is 1210. The second kappa shape index (κ2) is 6.14. The van der Waals surface area contributed by atoms with E-state index in [0.29, 0.717) is 22.5 Å². The lowest BCUT2D eigenvalue weighted by Gasteiger charge is -2.17. The second-order valence-electron chi connectivity index (χ2n) is 6.50. The number of ether oxygens (including phenoxy) is 2. The van der Waals surface area contributed by atoms with Crippen molar-refractivity contribution in [1.29, 1.82) is 0 Å². The first-order valence-electron chi connectivity index (χ1n) is 8.29. The summed E-state index contributed by atoms with van der Waals surface area (Å²) in [7, 11) is 1.08. The Balaban J connectivity index is 1.67. The predicted octanol–water partition coefficient (Wildman–Crippen LogP) is 1.43. The quantitative estimate of drug-likeness (QED) is 0.674. The van der Waals surface area contributed by atoms with E-state index >= 15 is 0 Å². The van der Waals surface area contributed by atoms with E-state index in [-0.39, 0.29) is 23.9 Å². The van der Waals surface area contributed by atoms with Crippen molar-refractivity contribution in [1.82, 2.24) is 13.4 Å². The van der Waals surface area contributed by atoms with E-state index < -0.39 is 10.0 Å². The summed E-state index contributed by atoms with van der Waals surface area (Å²) in [4.78, 5) is 12.2. The largest absolute Gasteiger partial charge is 0.454 e. The smallest absolute Gasteiger partial charge is 0.328 e. The number of imidazole rings is 1. The van der Waals surface area contributed by atoms with Gasteiger partial charge in [-0.3, -0.25) is 9.13 Å². The second-order valence-corrected chi connectivity index (χ2v) is 8.54. The fraction of sp³-hybridized carbons (Fsp3) is 0.278. The van der Waals surface area contributed by atoms with Gasteiger partial charge in [0.2, 0.25) is 16.8 Å². The van der Waals surface area contributed by atoms with Gasteiger partial charge in [0.25, 0.3) is 0 Å². The van der Waals surface area contributed by atoms with E-state index in [9.17, 15) is 13.2 Å². The van der Waals surface area contributed by atoms with Crippen molar-refractivity contribution < 1.29 is 17.9 Å². The van der Waals surface area contributed by atoms with Crippen LogP contribution in [-0.2, 0) is 30.7 Å². The molecule has 0 N–H and O–H groups in total. The molecular weight excluding hydrogens is 370 g/mol. The van der Waals surface area contributed by atoms with Crippen molar-refractivity contribution >= 4 is 21.1 Å². The Morgan fingerprint density at radius 1 is 1.00 bits per heavy atom. The van der Waals surface area contributed by atoms with E-state index in [2.05, 4.69) is 0 Å². The average molecular weight is 389 g/mol. The number of aryl methyl sites for hydroxylation is 2. The molecule has 0 amide bonds. The third kappa shape index (κ3) is 2.79. The van der Waals surface area contributed by atoms with Gasteiger partial charge >= 0.3 is 5.69 Å². The molecule has 0 radical (unpaired) electrons. The molecule has 4 rings (SSSR count). The van der Waals surface area contributed by atoms with Crippen molar-refractivity contribution in [2.45, 2.75) is 11.4 Å². The van der Waals surface area contributed by atoms with E-state index in [1.54, 1.807) is 32.3 Å². The van der Waals surface area contributed by atoms with Gasteiger partial charge < -0.3 is 9.47 Å². The number of benzene rings is 2. The highest BCUT2D eigenvalue weighted by Crippen LogP contribution is 2.33. The monoisotopic (exact) mass is 389 g/mol. The maximum atomic E-state index is 13.0. The van der Waals surface area contributed by atoms with Gasteiger partial charge in [-0.15, -0.1) is 0 Å². The molecule has 0 aliphatic carbocycles. The Morgan fingerprint density at radius 2 is 1.70 bits per heavy atom. The molecule has 8 nitrogen and oxygen atoms in total. The van der Waals surface area contributed by atoms with E-state index in [1.165, 1.54) is 32.6 Å². The summed E-state index contributed by atoms with van der Waals surface area (Å²) in [6.45, 7) is 0.355. The first kappa shape index (κ1) is 17.6. The number of sulfonamides is 1. The normalized spacial score (nSPS) is 13.6. The number of nitrogens with zero attached hydrogens (tertiary/aromatic N) is 3. The lowest BCUT2D eigenvalue weighted by Crippen LogP contribution is -2.26. The first-order chi connectivity index (χ1) is 12.8. The van der Waals surface area contributed by atoms with Crippen LogP contribution in [0.15, 0.2) is 46.1 Å². The lowest BCUT2D eigenvalue weighted by atomic mass is 10.2. The van der Waals surface area contributed by atoms with Crippen LogP contribution in [0.5, 0.6) is 11.5 Å². The molecule has 0 bridgehead atoms. The zero-order valence-corrected chi connectivity index (χ0v) is 16.0. The maximum absolute atomic E-state index is 13.0. The number of fused-ring (bicyclic) bond motifs is 2. The first-order valence-corrected chi connectivity index (χ1v) is 9.73. The number of hydrogen-bond acceptors (Lipinski definition) is 5. The lowest BCUT2D eigenvalue weighted by molar-refractivity contribution is 0.174. The molecule has 2 aromatic carbocycles. The van der Waals surface area contributed by atoms with Gasteiger partial charge in [-0.25, -0.2) is 13.2 Å². The molecule has 2 heterocycles. The number of rotatable bonds is 4. The zero-order valence-electron chi connectivity index (χ0n) is 15.2. The summed E-state index contributed by atoms with van der Waals surface area (Å²) in [5, 5.41) is 0. The Morgan fingerprint density at radius 3 is 2.48 bits per heavy atom. The van der Waals surface area contributed by atoms with Crippen LogP contribution in [0.25, 0.3) is 11.0 Å². The van der Waals surface area contributed by atoms with Gasteiger partial charge in [-0.1, -0.05) is 6.07 Å². The highest BCUT2D eigenvalue weighted by molar-refractivity contribution is 7.89. The summed E-state index contributed by atoms with van der Waals surface area (Å²) in [5.41, 5.74) is 1.84. The van der Waals surface area contributed by atoms with Crippen LogP contribution >= 0.6 is 0 Å². The van der Waals surface area contributed by atoms with Crippen molar-refractivity contribution in [3.63, 3.8) is 0 Å². The molecule has 0 saturated heterocycles. The van der Waals surface area contributed by atoms with Crippen molar-refractivity contribution in [2.75, 3.05) is 13.8 Å². The molecule has 0 fully saturated rings. The Hall–Kier alpha value is -2.78. The Labute approximate surface area is 156 Å². The minimum atomic E-state index is -3.73. The third-order valence-electron chi connectivity index (χ3n) is 4.79. The molecule has 1 aliphatic rings. The highest BCUT2D eigenvalue weighted by atomic mass is 32.2. The summed E-state index contributed by atoms with van der Waals surface area (Å²) in [6, 6.07) is 10.1. The molecule has 27 heavy (non-hydrogen) atoms. The zero-order chi connectivity index (χ0) is 19.3. The summed E-state index contributed by atoms with van der Waals surface area (Å²) in [6.07, 6.45) is 0. The standard InChI is InChI=1S/C18H19N3O5S/c1-19(10-12-4-7-16-17(8-12)26-11-25-16)27(23,24)13-5-6-14-15(9-13)21(3)18(22)20(14)2/h4-9H,10-11H2,1-3H3. The fourth-order valence-corrected chi connectivity index (χ4v) is 4.39. The average Bonchev–Trinajstić information content (AvgIpc) is 3.20. The Kier molecular flexibility index (Phi) is 4.01. The molecular formula is C18H19N3O5S. The fourth-order valence-electron chi connectivity index (χ4n) is 3.21. The molecule has 1 aromatic heterocycles. The van der Waals surface area contributed by atoms with Gasteiger partial charge in [0, 0.05) is 27.7 Å². The summed E-state index contributed by atoms with van der Waals surface area (Å²) < 4.78 is 40.8. The molecule has 0 saturated carbocycles. The minimum absolute atomic E-state index is 0.138. The van der Waals surface area contributed by atoms with Gasteiger partial charge in [-0.05, 0) is 35.9 Å². The molecule has 3 aromatic rings. The summed E-state index contributed by atoms with van der Waals surface area (Å²) >= 11 is 0. The van der Waals surface area contributed by atoms with Gasteiger partial charge in [-0.2, -0.15) is 4.31 Å². The third-order valence-corrected chi connectivity index (χ3v) is 6.59. The van der Waals surface area contributed by atoms with Gasteiger partial charge in [0.05, 0.1) is 15.9 Å². The van der Waals surface area contributed by atoms with Crippen molar-refractivity contribution in [3.8, 4) is 11.5 Å². The minimum Gasteiger partial charge on any atom is -0.454 e. The van der Waals surface area contributed by atoms with E-state index in [0.717, 1.165) is 5.56 Å². The van der Waals surface area contributed by atoms with Gasteiger partial charge in [0.15, 0.2) is 11.5 Å². The van der Waals surface area contributed by atoms with Crippen LogP contribution in [0.2, 0.25) is 0 Å². The highest BCUT2D eigenvalue weighted by Gasteiger charge is 2.23. The predicted molar refractivity (Wildman–Crippen MR) is 99.4 cm³/mol. The summed E-state index contributed by atoms with van der Waals surface area (Å²) in [5.74, 6) is 1.26. The SMILES string of the molecule is CN(Cc1ccc2c(c1)OCO2)S(=O)(=O)c1ccc2c(c1)n(C)c(=O)n2C. The van der Waals surface area contributed by atoms with Crippen molar-refractivity contribution in [3.05, 3.63) is 52.4 Å². The molecule has 0 atom stereocenters. The van der Waals surface area contributed by atoms with E-state index in [4.69, 9.17) is 9.47 Å². The van der Waals surface area contributed by atoms with Crippen LogP contribution in [0.3, 0.4) is 0 Å². The van der Waals surface area contributed by atoms with E-state index in [1.807, 2.05) is 6.07 Å². The molecule has 0 spiro atoms. The van der Waals surface area contributed by atoms with Crippen LogP contribution in [0.4, 0.5) is 0 Å². The van der Waals surface area contributed by atoms with Crippen LogP contribution < -0.4 is 15.2 Å². The van der Waals surface area contributed by atoms with Gasteiger partial charge in [0.1, 0.15) is 0 Å². The number of aromatic nitrogens is 2. The molecule has 9 heteroatoms. The van der Waals surface area contributed by atoms with Crippen LogP contribution in [0, 0.1) is 0 Å².